The first kappa shape index (κ1) is 23.1. The summed E-state index contributed by atoms with van der Waals surface area (Å²) in [6.07, 6.45) is 10.1. The number of anilines is 1. The number of hydrogen-bond donors (Lipinski definition) is 2. The average molecular weight is 503 g/mol. The topological polar surface area (TPSA) is 124 Å². The van der Waals surface area contributed by atoms with Gasteiger partial charge >= 0.3 is 0 Å². The predicted molar refractivity (Wildman–Crippen MR) is 134 cm³/mol. The molecule has 11 heteroatoms. The Morgan fingerprint density at radius 3 is 2.70 bits per heavy atom. The lowest BCUT2D eigenvalue weighted by molar-refractivity contribution is -0.138. The summed E-state index contributed by atoms with van der Waals surface area (Å²) in [6, 6.07) is 6.43. The van der Waals surface area contributed by atoms with Crippen molar-refractivity contribution in [3.8, 4) is 5.82 Å². The van der Waals surface area contributed by atoms with Crippen LogP contribution in [-0.4, -0.2) is 53.4 Å². The monoisotopic (exact) mass is 502 g/mol. The minimum atomic E-state index is -0.706. The third-order valence-corrected chi connectivity index (χ3v) is 7.40. The molecule has 1 aliphatic heterocycles. The van der Waals surface area contributed by atoms with Gasteiger partial charge in [-0.05, 0) is 43.9 Å². The van der Waals surface area contributed by atoms with Gasteiger partial charge in [-0.2, -0.15) is 4.98 Å². The van der Waals surface area contributed by atoms with E-state index in [0.29, 0.717) is 23.8 Å². The van der Waals surface area contributed by atoms with Crippen molar-refractivity contribution >= 4 is 28.7 Å². The van der Waals surface area contributed by atoms with Crippen molar-refractivity contribution in [2.24, 2.45) is 11.7 Å². The molecule has 0 bridgehead atoms. The molecule has 2 aliphatic rings. The first-order valence-corrected chi connectivity index (χ1v) is 12.5. The molecule has 4 aromatic rings. The summed E-state index contributed by atoms with van der Waals surface area (Å²) in [4.78, 5) is 40.3. The molecule has 1 aromatic carbocycles. The molecule has 3 aromatic heterocycles. The van der Waals surface area contributed by atoms with Crippen molar-refractivity contribution in [3.05, 3.63) is 66.3 Å². The normalized spacial score (nSPS) is 19.5. The number of primary amides is 1. The third kappa shape index (κ3) is 4.30. The van der Waals surface area contributed by atoms with E-state index >= 15 is 0 Å². The summed E-state index contributed by atoms with van der Waals surface area (Å²) in [6.45, 7) is 2.08. The Morgan fingerprint density at radius 1 is 1.05 bits per heavy atom. The number of nitrogens with two attached hydrogens (primary N) is 1. The molecule has 1 fully saturated rings. The molecule has 10 nitrogen and oxygen atoms in total. The van der Waals surface area contributed by atoms with E-state index in [0.717, 1.165) is 44.6 Å². The fourth-order valence-electron chi connectivity index (χ4n) is 5.46. The lowest BCUT2D eigenvalue weighted by atomic mass is 9.85. The van der Waals surface area contributed by atoms with Gasteiger partial charge in [-0.25, -0.2) is 14.4 Å². The first-order chi connectivity index (χ1) is 18.0. The van der Waals surface area contributed by atoms with Crippen LogP contribution in [0.25, 0.3) is 16.7 Å². The van der Waals surface area contributed by atoms with E-state index < -0.39 is 11.7 Å². The number of rotatable bonds is 5. The summed E-state index contributed by atoms with van der Waals surface area (Å²) in [5, 5.41) is 3.56. The summed E-state index contributed by atoms with van der Waals surface area (Å²) in [5.74, 6) is 0.874. The SMILES string of the molecule is NC(=O)c1cn(-c2ccnc(NC3CCC(C(=O)N4CCn5ccnc5C4)CC3)n2)c2cccc(F)c12. The number of fused-ring (bicyclic) bond motifs is 2. The molecule has 4 heterocycles. The molecule has 0 radical (unpaired) electrons. The third-order valence-electron chi connectivity index (χ3n) is 7.40. The van der Waals surface area contributed by atoms with Crippen LogP contribution >= 0.6 is 0 Å². The largest absolute Gasteiger partial charge is 0.366 e. The molecule has 0 atom stereocenters. The van der Waals surface area contributed by atoms with Gasteiger partial charge in [0.1, 0.15) is 17.5 Å². The Kier molecular flexibility index (Phi) is 5.82. The Morgan fingerprint density at radius 2 is 1.89 bits per heavy atom. The minimum absolute atomic E-state index is 0.0140. The van der Waals surface area contributed by atoms with Crippen LogP contribution in [0, 0.1) is 11.7 Å². The molecular formula is C26H27FN8O2. The second-order valence-corrected chi connectivity index (χ2v) is 9.64. The first-order valence-electron chi connectivity index (χ1n) is 12.5. The molecule has 0 spiro atoms. The van der Waals surface area contributed by atoms with E-state index in [1.807, 2.05) is 11.1 Å². The van der Waals surface area contributed by atoms with Crippen LogP contribution in [0.2, 0.25) is 0 Å². The fourth-order valence-corrected chi connectivity index (χ4v) is 5.46. The predicted octanol–water partition coefficient (Wildman–Crippen LogP) is 2.87. The van der Waals surface area contributed by atoms with Crippen LogP contribution < -0.4 is 11.1 Å². The van der Waals surface area contributed by atoms with E-state index in [2.05, 4.69) is 24.8 Å². The lowest BCUT2D eigenvalue weighted by Gasteiger charge is -2.34. The highest BCUT2D eigenvalue weighted by atomic mass is 19.1. The van der Waals surface area contributed by atoms with Gasteiger partial charge in [-0.3, -0.25) is 9.59 Å². The Balaban J connectivity index is 1.13. The molecule has 2 amide bonds. The van der Waals surface area contributed by atoms with Gasteiger partial charge in [-0.15, -0.1) is 0 Å². The maximum Gasteiger partial charge on any atom is 0.250 e. The highest BCUT2D eigenvalue weighted by Crippen LogP contribution is 2.30. The highest BCUT2D eigenvalue weighted by molar-refractivity contribution is 6.06. The summed E-state index contributed by atoms with van der Waals surface area (Å²) < 4.78 is 18.2. The zero-order valence-corrected chi connectivity index (χ0v) is 20.2. The summed E-state index contributed by atoms with van der Waals surface area (Å²) in [7, 11) is 0. The summed E-state index contributed by atoms with van der Waals surface area (Å²) in [5.41, 5.74) is 6.09. The molecule has 1 saturated carbocycles. The number of carbonyl (C=O) groups is 2. The smallest absolute Gasteiger partial charge is 0.250 e. The van der Waals surface area contributed by atoms with E-state index in [-0.39, 0.29) is 28.8 Å². The average Bonchev–Trinajstić information content (AvgIpc) is 3.54. The molecule has 0 unspecified atom stereocenters. The van der Waals surface area contributed by atoms with Gasteiger partial charge < -0.3 is 25.1 Å². The molecule has 1 aliphatic carbocycles. The van der Waals surface area contributed by atoms with Crippen molar-refractivity contribution in [1.82, 2.24) is 29.0 Å². The number of carbonyl (C=O) groups excluding carboxylic acids is 2. The fraction of sp³-hybridized carbons (Fsp3) is 0.346. The van der Waals surface area contributed by atoms with Gasteiger partial charge in [0.25, 0.3) is 5.91 Å². The van der Waals surface area contributed by atoms with E-state index in [4.69, 9.17) is 5.73 Å². The van der Waals surface area contributed by atoms with Gasteiger partial charge in [0.2, 0.25) is 11.9 Å². The Bertz CT molecular complexity index is 1490. The molecular weight excluding hydrogens is 475 g/mol. The van der Waals surface area contributed by atoms with E-state index in [1.165, 1.54) is 12.3 Å². The van der Waals surface area contributed by atoms with Gasteiger partial charge in [0.15, 0.2) is 0 Å². The van der Waals surface area contributed by atoms with Crippen LogP contribution in [0.1, 0.15) is 41.9 Å². The quantitative estimate of drug-likeness (QED) is 0.433. The molecule has 3 N–H and O–H groups in total. The van der Waals surface area contributed by atoms with Crippen LogP contribution in [0.5, 0.6) is 0 Å². The van der Waals surface area contributed by atoms with Crippen molar-refractivity contribution in [1.29, 1.82) is 0 Å². The maximum atomic E-state index is 14.5. The zero-order chi connectivity index (χ0) is 25.5. The highest BCUT2D eigenvalue weighted by Gasteiger charge is 2.31. The molecule has 37 heavy (non-hydrogen) atoms. The molecule has 190 valence electrons. The van der Waals surface area contributed by atoms with Crippen molar-refractivity contribution in [2.45, 2.75) is 44.8 Å². The van der Waals surface area contributed by atoms with E-state index in [9.17, 15) is 14.0 Å². The standard InChI is InChI=1S/C26H27FN8O2/c27-19-2-1-3-20-23(19)18(24(28)36)14-35(20)21-8-9-30-26(32-21)31-17-6-4-16(5-7-17)25(37)34-13-12-33-11-10-29-22(33)15-34/h1-3,8-11,14,16-17H,4-7,12-13,15H2,(H2,28,36)(H,30,31,32). The number of benzene rings is 1. The number of nitrogens with one attached hydrogen (secondary N) is 1. The number of hydrogen-bond acceptors (Lipinski definition) is 6. The van der Waals surface area contributed by atoms with Gasteiger partial charge in [0.05, 0.1) is 17.6 Å². The zero-order valence-electron chi connectivity index (χ0n) is 20.2. The van der Waals surface area contributed by atoms with Gasteiger partial charge in [-0.1, -0.05) is 6.07 Å². The van der Waals surface area contributed by atoms with Crippen LogP contribution in [0.15, 0.2) is 49.1 Å². The second kappa shape index (κ2) is 9.30. The number of amides is 2. The molecule has 6 rings (SSSR count). The van der Waals surface area contributed by atoms with Crippen LogP contribution in [-0.2, 0) is 17.9 Å². The summed E-state index contributed by atoms with van der Waals surface area (Å²) >= 11 is 0. The Hall–Kier alpha value is -4.28. The van der Waals surface area contributed by atoms with E-state index in [1.54, 1.807) is 35.2 Å². The number of aromatic nitrogens is 5. The van der Waals surface area contributed by atoms with Crippen LogP contribution in [0.3, 0.4) is 0 Å². The number of nitrogens with zero attached hydrogens (tertiary/aromatic N) is 6. The lowest BCUT2D eigenvalue weighted by Crippen LogP contribution is -2.43. The second-order valence-electron chi connectivity index (χ2n) is 9.64. The molecule has 0 saturated heterocycles. The van der Waals surface area contributed by atoms with Crippen molar-refractivity contribution in [3.63, 3.8) is 0 Å². The minimum Gasteiger partial charge on any atom is -0.366 e. The van der Waals surface area contributed by atoms with Crippen LogP contribution in [0.4, 0.5) is 10.3 Å². The van der Waals surface area contributed by atoms with Crippen molar-refractivity contribution in [2.75, 3.05) is 11.9 Å². The Labute approximate surface area is 212 Å². The maximum absolute atomic E-state index is 14.5. The number of imidazole rings is 1. The van der Waals surface area contributed by atoms with Gasteiger partial charge in [0, 0.05) is 55.2 Å². The van der Waals surface area contributed by atoms with Crippen molar-refractivity contribution < 1.29 is 14.0 Å². The number of halogens is 1.